The van der Waals surface area contributed by atoms with Crippen molar-refractivity contribution < 1.29 is 33.6 Å². The number of hydrogen-bond acceptors (Lipinski definition) is 8. The Labute approximate surface area is 202 Å². The third-order valence-electron chi connectivity index (χ3n) is 5.41. The molecule has 0 saturated carbocycles. The van der Waals surface area contributed by atoms with Crippen molar-refractivity contribution in [2.24, 2.45) is 5.92 Å². The number of aliphatic carboxylic acids is 1. The molecule has 0 radical (unpaired) electrons. The van der Waals surface area contributed by atoms with Gasteiger partial charge in [0.05, 0.1) is 12.6 Å². The summed E-state index contributed by atoms with van der Waals surface area (Å²) in [6.07, 6.45) is 3.88. The standard InChI is InChI=1S/C23H27BN4O7/c1-15(7-8-24-34-19(12-20(29)30)23(33)35-24)13-27-21(31)17(11-16-5-3-2-4-6-16)28-22(32)18-14-25-9-10-26-18/h2-6,9-10,14-15,17,19H,7-8,11-13H2,1H3,(H,27,31)(H,28,32)(H,29,30)/t15-,17+,19-/m1/s1. The molecule has 1 aromatic carbocycles. The van der Waals surface area contributed by atoms with E-state index in [-0.39, 0.29) is 17.5 Å². The molecule has 3 N–H and O–H groups in total. The number of benzene rings is 1. The van der Waals surface area contributed by atoms with Crippen LogP contribution in [0.4, 0.5) is 0 Å². The highest BCUT2D eigenvalue weighted by Crippen LogP contribution is 2.19. The highest BCUT2D eigenvalue weighted by molar-refractivity contribution is 6.49. The van der Waals surface area contributed by atoms with E-state index in [1.807, 2.05) is 37.3 Å². The van der Waals surface area contributed by atoms with Gasteiger partial charge >= 0.3 is 19.1 Å². The molecule has 2 heterocycles. The number of nitrogens with zero attached hydrogens (tertiary/aromatic N) is 2. The van der Waals surface area contributed by atoms with E-state index in [4.69, 9.17) is 14.4 Å². The van der Waals surface area contributed by atoms with Gasteiger partial charge in [-0.2, -0.15) is 0 Å². The summed E-state index contributed by atoms with van der Waals surface area (Å²) in [6, 6.07) is 8.50. The van der Waals surface area contributed by atoms with Crippen LogP contribution in [0.15, 0.2) is 48.9 Å². The van der Waals surface area contributed by atoms with Crippen LogP contribution in [-0.4, -0.2) is 64.6 Å². The van der Waals surface area contributed by atoms with E-state index < -0.39 is 43.5 Å². The molecule has 0 bridgehead atoms. The second-order valence-corrected chi connectivity index (χ2v) is 8.32. The van der Waals surface area contributed by atoms with E-state index >= 15 is 0 Å². The van der Waals surface area contributed by atoms with E-state index in [1.165, 1.54) is 18.6 Å². The second kappa shape index (κ2) is 12.6. The summed E-state index contributed by atoms with van der Waals surface area (Å²) in [5.41, 5.74) is 0.996. The van der Waals surface area contributed by atoms with Gasteiger partial charge in [0.1, 0.15) is 11.7 Å². The van der Waals surface area contributed by atoms with Gasteiger partial charge in [-0.3, -0.25) is 24.2 Å². The summed E-state index contributed by atoms with van der Waals surface area (Å²) in [5, 5.41) is 14.4. The first kappa shape index (κ1) is 25.8. The molecule has 2 aromatic rings. The Kier molecular flexibility index (Phi) is 9.30. The highest BCUT2D eigenvalue weighted by atomic mass is 16.7. The van der Waals surface area contributed by atoms with Gasteiger partial charge in [0.2, 0.25) is 5.91 Å². The molecule has 0 aliphatic carbocycles. The fourth-order valence-corrected chi connectivity index (χ4v) is 3.52. The molecule has 1 fully saturated rings. The molecule has 1 aliphatic heterocycles. The molecule has 3 rings (SSSR count). The number of rotatable bonds is 12. The van der Waals surface area contributed by atoms with Crippen LogP contribution >= 0.6 is 0 Å². The lowest BCUT2D eigenvalue weighted by Gasteiger charge is -2.20. The number of carbonyl (C=O) groups excluding carboxylic acids is 3. The quantitative estimate of drug-likeness (QED) is 0.374. The molecule has 2 amide bonds. The first-order valence-corrected chi connectivity index (χ1v) is 11.3. The molecule has 0 spiro atoms. The van der Waals surface area contributed by atoms with Crippen LogP contribution in [0.3, 0.4) is 0 Å². The molecule has 1 saturated heterocycles. The van der Waals surface area contributed by atoms with Crippen LogP contribution < -0.4 is 10.6 Å². The average Bonchev–Trinajstić information content (AvgIpc) is 3.20. The minimum Gasteiger partial charge on any atom is -0.508 e. The Morgan fingerprint density at radius 2 is 1.97 bits per heavy atom. The van der Waals surface area contributed by atoms with E-state index in [2.05, 4.69) is 20.6 Å². The Balaban J connectivity index is 1.51. The second-order valence-electron chi connectivity index (χ2n) is 8.32. The molecule has 1 aliphatic rings. The van der Waals surface area contributed by atoms with E-state index in [9.17, 15) is 19.2 Å². The predicted octanol–water partition coefficient (Wildman–Crippen LogP) is 0.865. The SMILES string of the molecule is C[C@H](CCB1OC(=O)[C@@H](CC(=O)O)O1)CNC(=O)[C@H](Cc1ccccc1)NC(=O)c1cnccn1. The van der Waals surface area contributed by atoms with Crippen LogP contribution in [-0.2, 0) is 30.1 Å². The first-order valence-electron chi connectivity index (χ1n) is 11.3. The maximum absolute atomic E-state index is 13.0. The van der Waals surface area contributed by atoms with E-state index in [1.54, 1.807) is 0 Å². The largest absolute Gasteiger partial charge is 0.527 e. The van der Waals surface area contributed by atoms with Crippen molar-refractivity contribution in [3.63, 3.8) is 0 Å². The van der Waals surface area contributed by atoms with Crippen LogP contribution in [0.1, 0.15) is 35.8 Å². The lowest BCUT2D eigenvalue weighted by Crippen LogP contribution is -2.49. The fraction of sp³-hybridized carbons (Fsp3) is 0.391. The van der Waals surface area contributed by atoms with Gasteiger partial charge in [0, 0.05) is 25.4 Å². The zero-order chi connectivity index (χ0) is 25.2. The molecule has 3 atom stereocenters. The number of carbonyl (C=O) groups is 4. The van der Waals surface area contributed by atoms with Crippen molar-refractivity contribution >= 4 is 30.9 Å². The zero-order valence-electron chi connectivity index (χ0n) is 19.3. The topological polar surface area (TPSA) is 157 Å². The Hall–Kier alpha value is -3.80. The molecule has 1 aromatic heterocycles. The molecule has 12 heteroatoms. The molecular weight excluding hydrogens is 455 g/mol. The van der Waals surface area contributed by atoms with Gasteiger partial charge < -0.3 is 25.0 Å². The number of amides is 2. The third kappa shape index (κ3) is 8.18. The number of hydrogen-bond donors (Lipinski definition) is 3. The fourth-order valence-electron chi connectivity index (χ4n) is 3.52. The van der Waals surface area contributed by atoms with Crippen molar-refractivity contribution in [3.05, 3.63) is 60.2 Å². The maximum atomic E-state index is 13.0. The summed E-state index contributed by atoms with van der Waals surface area (Å²) in [7, 11) is -0.804. The van der Waals surface area contributed by atoms with Crippen LogP contribution in [0, 0.1) is 5.92 Å². The lowest BCUT2D eigenvalue weighted by molar-refractivity contribution is -0.145. The van der Waals surface area contributed by atoms with Gasteiger partial charge in [-0.25, -0.2) is 4.98 Å². The monoisotopic (exact) mass is 482 g/mol. The van der Waals surface area contributed by atoms with Crippen LogP contribution in [0.2, 0.25) is 6.32 Å². The van der Waals surface area contributed by atoms with Gasteiger partial charge in [-0.1, -0.05) is 37.3 Å². The number of carboxylic acid groups (broad SMARTS) is 1. The summed E-state index contributed by atoms with van der Waals surface area (Å²) >= 11 is 0. The van der Waals surface area contributed by atoms with Crippen molar-refractivity contribution in [2.75, 3.05) is 6.54 Å². The maximum Gasteiger partial charge on any atom is 0.527 e. The Bertz CT molecular complexity index is 1030. The molecule has 184 valence electrons. The summed E-state index contributed by atoms with van der Waals surface area (Å²) in [6.45, 7) is 2.24. The predicted molar refractivity (Wildman–Crippen MR) is 124 cm³/mol. The first-order chi connectivity index (χ1) is 16.8. The minimum atomic E-state index is -1.14. The summed E-state index contributed by atoms with van der Waals surface area (Å²) < 4.78 is 10.4. The molecule has 35 heavy (non-hydrogen) atoms. The van der Waals surface area contributed by atoms with Gasteiger partial charge in [0.15, 0.2) is 6.10 Å². The highest BCUT2D eigenvalue weighted by Gasteiger charge is 2.40. The lowest BCUT2D eigenvalue weighted by atomic mass is 9.80. The minimum absolute atomic E-state index is 0.00726. The van der Waals surface area contributed by atoms with Crippen molar-refractivity contribution in [1.29, 1.82) is 0 Å². The van der Waals surface area contributed by atoms with Crippen LogP contribution in [0.5, 0.6) is 0 Å². The third-order valence-corrected chi connectivity index (χ3v) is 5.41. The number of aromatic nitrogens is 2. The normalized spacial score (nSPS) is 16.8. The van der Waals surface area contributed by atoms with Gasteiger partial charge in [-0.15, -0.1) is 0 Å². The van der Waals surface area contributed by atoms with E-state index in [0.717, 1.165) is 5.56 Å². The number of carboxylic acids is 1. The van der Waals surface area contributed by atoms with E-state index in [0.29, 0.717) is 25.7 Å². The van der Waals surface area contributed by atoms with Crippen molar-refractivity contribution in [2.45, 2.75) is 44.7 Å². The molecule has 0 unspecified atom stereocenters. The Morgan fingerprint density at radius 1 is 1.20 bits per heavy atom. The average molecular weight is 482 g/mol. The molecular formula is C23H27BN4O7. The number of nitrogens with one attached hydrogen (secondary N) is 2. The zero-order valence-corrected chi connectivity index (χ0v) is 19.3. The summed E-state index contributed by atoms with van der Waals surface area (Å²) in [5.74, 6) is -2.66. The van der Waals surface area contributed by atoms with Crippen molar-refractivity contribution in [1.82, 2.24) is 20.6 Å². The van der Waals surface area contributed by atoms with Crippen molar-refractivity contribution in [3.8, 4) is 0 Å². The Morgan fingerprint density at radius 3 is 2.66 bits per heavy atom. The molecule has 11 nitrogen and oxygen atoms in total. The van der Waals surface area contributed by atoms with Gasteiger partial charge in [-0.05, 0) is 24.2 Å². The van der Waals surface area contributed by atoms with Crippen LogP contribution in [0.25, 0.3) is 0 Å². The smallest absolute Gasteiger partial charge is 0.508 e. The summed E-state index contributed by atoms with van der Waals surface area (Å²) in [4.78, 5) is 55.9. The van der Waals surface area contributed by atoms with Gasteiger partial charge in [0.25, 0.3) is 5.91 Å².